The maximum atomic E-state index is 14.9. The van der Waals surface area contributed by atoms with Crippen LogP contribution in [0.5, 0.6) is 17.2 Å². The Bertz CT molecular complexity index is 2550. The Morgan fingerprint density at radius 2 is 1.59 bits per heavy atom. The van der Waals surface area contributed by atoms with Crippen LogP contribution in [0.2, 0.25) is 0 Å². The van der Waals surface area contributed by atoms with E-state index in [-0.39, 0.29) is 63.0 Å². The predicted octanol–water partition coefficient (Wildman–Crippen LogP) is 12.6. The van der Waals surface area contributed by atoms with Gasteiger partial charge in [0.25, 0.3) is 0 Å². The number of unbranched alkanes of at least 4 members (excludes halogenated alkanes) is 2. The largest absolute Gasteiger partial charge is 0.459 e. The third-order valence-corrected chi connectivity index (χ3v) is 13.6. The molecule has 0 saturated heterocycles. The Morgan fingerprint density at radius 3 is 2.32 bits per heavy atom. The van der Waals surface area contributed by atoms with Gasteiger partial charge in [0.2, 0.25) is 5.79 Å². The van der Waals surface area contributed by atoms with Crippen LogP contribution in [0.4, 0.5) is 4.79 Å². The Labute approximate surface area is 406 Å². The number of halogens is 1. The van der Waals surface area contributed by atoms with Crippen LogP contribution in [0, 0.1) is 17.8 Å². The summed E-state index contributed by atoms with van der Waals surface area (Å²) in [7, 11) is 0. The summed E-state index contributed by atoms with van der Waals surface area (Å²) in [6, 6.07) is 37.8. The minimum absolute atomic E-state index is 0.00878. The van der Waals surface area contributed by atoms with Crippen molar-refractivity contribution < 1.29 is 38.8 Å². The summed E-state index contributed by atoms with van der Waals surface area (Å²) in [4.78, 5) is 22.9. The number of aliphatic hydroxyl groups is 2. The summed E-state index contributed by atoms with van der Waals surface area (Å²) in [5, 5.41) is 27.2. The SMILES string of the molecule is C=CCO[C@@]12Oc3ccc(Oc4ccc(-c5ccccc5)cc4)cc3[C@H]3[C@H](CCCCO)[C@@H](CCCCO)C=C(C(=NOC(C)(C)C)C[C@@H]1N(Cc1cccc4ccccc14)C(=O)OCCCl)[C@H]32. The fourth-order valence-corrected chi connectivity index (χ4v) is 10.6. The number of benzene rings is 5. The van der Waals surface area contributed by atoms with E-state index in [1.165, 1.54) is 0 Å². The summed E-state index contributed by atoms with van der Waals surface area (Å²) in [5.74, 6) is -0.0498. The lowest BCUT2D eigenvalue weighted by molar-refractivity contribution is -0.256. The molecule has 10 nitrogen and oxygen atoms in total. The molecule has 6 atom stereocenters. The van der Waals surface area contributed by atoms with Crippen LogP contribution < -0.4 is 9.47 Å². The highest BCUT2D eigenvalue weighted by Gasteiger charge is 2.66. The van der Waals surface area contributed by atoms with Crippen molar-refractivity contribution in [3.63, 3.8) is 0 Å². The summed E-state index contributed by atoms with van der Waals surface area (Å²) in [5.41, 5.74) is 5.12. The molecule has 1 heterocycles. The smallest absolute Gasteiger partial charge is 0.410 e. The minimum atomic E-state index is -1.48. The van der Waals surface area contributed by atoms with Gasteiger partial charge in [0.1, 0.15) is 35.5 Å². The molecule has 5 aromatic carbocycles. The average Bonchev–Trinajstić information content (AvgIpc) is 3.35. The molecule has 3 aliphatic rings. The van der Waals surface area contributed by atoms with Crippen molar-refractivity contribution in [2.45, 2.75) is 95.6 Å². The Kier molecular flexibility index (Phi) is 15.9. The van der Waals surface area contributed by atoms with E-state index in [4.69, 9.17) is 40.5 Å². The zero-order valence-electron chi connectivity index (χ0n) is 39.5. The summed E-state index contributed by atoms with van der Waals surface area (Å²) in [6.07, 6.45) is 8.29. The van der Waals surface area contributed by atoms with E-state index < -0.39 is 29.4 Å². The molecule has 1 saturated carbocycles. The topological polar surface area (TPSA) is 119 Å². The molecule has 0 bridgehead atoms. The van der Waals surface area contributed by atoms with E-state index in [2.05, 4.69) is 61.2 Å². The number of hydrogen-bond acceptors (Lipinski definition) is 9. The van der Waals surface area contributed by atoms with Gasteiger partial charge < -0.3 is 34.0 Å². The average molecular weight is 942 g/mol. The van der Waals surface area contributed by atoms with Gasteiger partial charge in [-0.25, -0.2) is 4.79 Å². The zero-order chi connectivity index (χ0) is 47.7. The van der Waals surface area contributed by atoms with Gasteiger partial charge in [-0.2, -0.15) is 0 Å². The molecule has 0 unspecified atom stereocenters. The van der Waals surface area contributed by atoms with Crippen molar-refractivity contribution >= 4 is 34.2 Å². The summed E-state index contributed by atoms with van der Waals surface area (Å²) in [6.45, 7) is 10.5. The van der Waals surface area contributed by atoms with Crippen LogP contribution in [-0.4, -0.2) is 76.7 Å². The molecule has 1 aliphatic heterocycles. The standard InChI is InChI=1S/C57H65ClN2O8/c1-5-33-65-57-52(60(55(63)64-34-30-58)38-43-21-15-20-41-18-9-10-22-46(41)43)37-50(59-68-56(2,3)4)48-35-42(19-11-13-31-61)47(23-12-14-32-62)53(54(48)57)49-36-45(28-29-51(49)67-57)66-44-26-24-40(25-27-44)39-16-7-6-8-17-39/h5-10,15-18,20-22,24-29,35-36,42,47,52-54,61-62H,1,11-14,19,23,30-34,37-38H2,2-4H3/t42-,47+,52-,53+,54+,57+/m0/s1. The molecule has 1 amide bonds. The first-order valence-corrected chi connectivity index (χ1v) is 24.7. The van der Waals surface area contributed by atoms with Gasteiger partial charge in [-0.15, -0.1) is 18.2 Å². The molecule has 5 aromatic rings. The zero-order valence-corrected chi connectivity index (χ0v) is 40.3. The molecule has 11 heteroatoms. The van der Waals surface area contributed by atoms with Crippen molar-refractivity contribution in [1.29, 1.82) is 0 Å². The monoisotopic (exact) mass is 940 g/mol. The number of allylic oxidation sites excluding steroid dienone is 1. The van der Waals surface area contributed by atoms with Crippen LogP contribution in [0.3, 0.4) is 0 Å². The molecule has 68 heavy (non-hydrogen) atoms. The van der Waals surface area contributed by atoms with Gasteiger partial charge in [-0.3, -0.25) is 4.90 Å². The second kappa shape index (κ2) is 22.2. The number of alkyl halides is 1. The van der Waals surface area contributed by atoms with Gasteiger partial charge in [0.15, 0.2) is 0 Å². The third kappa shape index (κ3) is 10.8. The fraction of sp³-hybridized carbons (Fsp3) is 0.404. The van der Waals surface area contributed by atoms with E-state index in [9.17, 15) is 15.0 Å². The molecule has 2 aliphatic carbocycles. The number of hydrogen-bond donors (Lipinski definition) is 2. The maximum absolute atomic E-state index is 14.9. The highest BCUT2D eigenvalue weighted by atomic mass is 35.5. The quantitative estimate of drug-likeness (QED) is 0.0343. The van der Waals surface area contributed by atoms with Crippen molar-refractivity contribution in [2.75, 3.05) is 32.3 Å². The molecule has 8 rings (SSSR count). The highest BCUT2D eigenvalue weighted by molar-refractivity contribution is 6.18. The number of fused-ring (bicyclic) bond motifs is 3. The Balaban J connectivity index is 1.33. The summed E-state index contributed by atoms with van der Waals surface area (Å²) >= 11 is 6.19. The van der Waals surface area contributed by atoms with E-state index in [0.29, 0.717) is 35.8 Å². The first kappa shape index (κ1) is 48.8. The Hall–Kier alpha value is -5.65. The molecule has 358 valence electrons. The van der Waals surface area contributed by atoms with Crippen molar-refractivity contribution in [3.05, 3.63) is 151 Å². The maximum Gasteiger partial charge on any atom is 0.410 e. The normalized spacial score (nSPS) is 22.4. The van der Waals surface area contributed by atoms with Crippen molar-refractivity contribution in [1.82, 2.24) is 4.90 Å². The molecule has 0 aromatic heterocycles. The van der Waals surface area contributed by atoms with Gasteiger partial charge in [0.05, 0.1) is 30.7 Å². The van der Waals surface area contributed by atoms with Crippen molar-refractivity contribution in [2.24, 2.45) is 22.9 Å². The van der Waals surface area contributed by atoms with Gasteiger partial charge in [-0.05, 0) is 122 Å². The lowest BCUT2D eigenvalue weighted by Crippen LogP contribution is -2.70. The fourth-order valence-electron chi connectivity index (χ4n) is 10.5. The molecular formula is C57H65ClN2O8. The van der Waals surface area contributed by atoms with Crippen LogP contribution in [0.1, 0.15) is 82.8 Å². The molecular weight excluding hydrogens is 876 g/mol. The van der Waals surface area contributed by atoms with Crippen LogP contribution in [0.25, 0.3) is 21.9 Å². The van der Waals surface area contributed by atoms with E-state index in [1.807, 2.05) is 87.5 Å². The number of oxime groups is 1. The van der Waals surface area contributed by atoms with Gasteiger partial charge in [0, 0.05) is 31.1 Å². The number of carbonyl (C=O) groups is 1. The highest BCUT2D eigenvalue weighted by Crippen LogP contribution is 2.62. The Morgan fingerprint density at radius 1 is 0.882 bits per heavy atom. The number of nitrogens with zero attached hydrogens (tertiary/aromatic N) is 2. The first-order valence-electron chi connectivity index (χ1n) is 24.1. The van der Waals surface area contributed by atoms with Crippen LogP contribution in [-0.2, 0) is 20.9 Å². The minimum Gasteiger partial charge on any atom is -0.459 e. The number of carbonyl (C=O) groups excluding carboxylic acids is 1. The number of ether oxygens (including phenoxy) is 4. The first-order chi connectivity index (χ1) is 33.1. The number of amides is 1. The second-order valence-electron chi connectivity index (χ2n) is 19.0. The summed E-state index contributed by atoms with van der Waals surface area (Å²) < 4.78 is 27.3. The van der Waals surface area contributed by atoms with Crippen LogP contribution in [0.15, 0.2) is 145 Å². The number of rotatable bonds is 20. The number of aliphatic hydroxyl groups excluding tert-OH is 2. The van der Waals surface area contributed by atoms with Crippen LogP contribution >= 0.6 is 11.6 Å². The third-order valence-electron chi connectivity index (χ3n) is 13.4. The predicted molar refractivity (Wildman–Crippen MR) is 269 cm³/mol. The second-order valence-corrected chi connectivity index (χ2v) is 19.4. The lowest BCUT2D eigenvalue weighted by atomic mass is 9.55. The van der Waals surface area contributed by atoms with Gasteiger partial charge in [-0.1, -0.05) is 115 Å². The van der Waals surface area contributed by atoms with Gasteiger partial charge >= 0.3 is 6.09 Å². The molecule has 0 radical (unpaired) electrons. The van der Waals surface area contributed by atoms with E-state index in [0.717, 1.165) is 64.3 Å². The molecule has 2 N–H and O–H groups in total. The molecule has 1 fully saturated rings. The van der Waals surface area contributed by atoms with Crippen molar-refractivity contribution in [3.8, 4) is 28.4 Å². The lowest BCUT2D eigenvalue weighted by Gasteiger charge is -2.60. The molecule has 0 spiro atoms. The van der Waals surface area contributed by atoms with E-state index >= 15 is 0 Å². The van der Waals surface area contributed by atoms with E-state index in [1.54, 1.807) is 11.0 Å².